The van der Waals surface area contributed by atoms with Crippen LogP contribution in [0.1, 0.15) is 17.9 Å². The smallest absolute Gasteiger partial charge is 0.332 e. The van der Waals surface area contributed by atoms with Gasteiger partial charge in [0.05, 0.1) is 24.1 Å². The van der Waals surface area contributed by atoms with Crippen LogP contribution in [0.4, 0.5) is 17.5 Å². The summed E-state index contributed by atoms with van der Waals surface area (Å²) in [7, 11) is 0. The summed E-state index contributed by atoms with van der Waals surface area (Å²) in [6.45, 7) is 3.33. The van der Waals surface area contributed by atoms with E-state index in [1.165, 1.54) is 0 Å². The Morgan fingerprint density at radius 1 is 1.35 bits per heavy atom. The highest BCUT2D eigenvalue weighted by molar-refractivity contribution is 5.60. The lowest BCUT2D eigenvalue weighted by Gasteiger charge is -2.10. The molecule has 0 saturated carbocycles. The van der Waals surface area contributed by atoms with E-state index < -0.39 is 4.92 Å². The monoisotopic (exact) mass is 357 g/mol. The van der Waals surface area contributed by atoms with Crippen molar-refractivity contribution in [2.24, 2.45) is 0 Å². The van der Waals surface area contributed by atoms with Gasteiger partial charge >= 0.3 is 5.69 Å². The van der Waals surface area contributed by atoms with E-state index in [0.29, 0.717) is 30.5 Å². The Bertz CT molecular complexity index is 847. The SMILES string of the molecule is Cc1nc(NCCCn2ccnc2)nc(NCc2ccco2)c1[N+](=O)[O-]. The van der Waals surface area contributed by atoms with Crippen LogP contribution in [0, 0.1) is 17.0 Å². The van der Waals surface area contributed by atoms with Gasteiger partial charge in [-0.25, -0.2) is 9.97 Å². The van der Waals surface area contributed by atoms with E-state index in [4.69, 9.17) is 4.42 Å². The highest BCUT2D eigenvalue weighted by Crippen LogP contribution is 2.27. The molecule has 0 aromatic carbocycles. The van der Waals surface area contributed by atoms with Gasteiger partial charge in [-0.1, -0.05) is 0 Å². The van der Waals surface area contributed by atoms with Crippen LogP contribution in [0.3, 0.4) is 0 Å². The molecule has 0 amide bonds. The summed E-state index contributed by atoms with van der Waals surface area (Å²) in [6.07, 6.45) is 7.76. The predicted octanol–water partition coefficient (Wildman–Crippen LogP) is 2.60. The number of nitro groups is 1. The van der Waals surface area contributed by atoms with E-state index in [1.54, 1.807) is 37.8 Å². The quantitative estimate of drug-likeness (QED) is 0.340. The van der Waals surface area contributed by atoms with E-state index in [2.05, 4.69) is 25.6 Å². The third-order valence-corrected chi connectivity index (χ3v) is 3.69. The Hall–Kier alpha value is -3.43. The first-order valence-electron chi connectivity index (χ1n) is 8.12. The van der Waals surface area contributed by atoms with E-state index in [-0.39, 0.29) is 11.5 Å². The van der Waals surface area contributed by atoms with Crippen molar-refractivity contribution in [3.05, 3.63) is 58.7 Å². The maximum Gasteiger partial charge on any atom is 0.332 e. The fourth-order valence-electron chi connectivity index (χ4n) is 2.45. The number of imidazole rings is 1. The first kappa shape index (κ1) is 17.4. The largest absolute Gasteiger partial charge is 0.467 e. The van der Waals surface area contributed by atoms with Crippen molar-refractivity contribution in [1.29, 1.82) is 0 Å². The van der Waals surface area contributed by atoms with Crippen molar-refractivity contribution in [2.45, 2.75) is 26.4 Å². The van der Waals surface area contributed by atoms with Crippen LogP contribution in [0.25, 0.3) is 0 Å². The van der Waals surface area contributed by atoms with E-state index in [9.17, 15) is 10.1 Å². The fourth-order valence-corrected chi connectivity index (χ4v) is 2.45. The lowest BCUT2D eigenvalue weighted by molar-refractivity contribution is -0.385. The van der Waals surface area contributed by atoms with Crippen LogP contribution in [-0.4, -0.2) is 31.0 Å². The van der Waals surface area contributed by atoms with Crippen molar-refractivity contribution in [2.75, 3.05) is 17.2 Å². The molecule has 0 radical (unpaired) electrons. The van der Waals surface area contributed by atoms with Gasteiger partial charge in [0.1, 0.15) is 11.5 Å². The van der Waals surface area contributed by atoms with Gasteiger partial charge in [-0.05, 0) is 25.5 Å². The molecule has 10 heteroatoms. The van der Waals surface area contributed by atoms with Gasteiger partial charge in [0, 0.05) is 25.5 Å². The van der Waals surface area contributed by atoms with Crippen LogP contribution in [0.5, 0.6) is 0 Å². The molecule has 3 aromatic rings. The molecule has 26 heavy (non-hydrogen) atoms. The minimum Gasteiger partial charge on any atom is -0.467 e. The third-order valence-electron chi connectivity index (χ3n) is 3.69. The van der Waals surface area contributed by atoms with E-state index in [1.807, 2.05) is 10.8 Å². The van der Waals surface area contributed by atoms with Crippen LogP contribution >= 0.6 is 0 Å². The Balaban J connectivity index is 1.66. The van der Waals surface area contributed by atoms with E-state index in [0.717, 1.165) is 13.0 Å². The molecule has 0 saturated heterocycles. The molecule has 0 aliphatic heterocycles. The van der Waals surface area contributed by atoms with Gasteiger partial charge in [0.2, 0.25) is 11.8 Å². The first-order chi connectivity index (χ1) is 12.6. The molecular formula is C16H19N7O3. The summed E-state index contributed by atoms with van der Waals surface area (Å²) in [5.74, 6) is 1.17. The number of aryl methyl sites for hydroxylation is 2. The summed E-state index contributed by atoms with van der Waals surface area (Å²) < 4.78 is 7.20. The number of aromatic nitrogens is 4. The number of rotatable bonds is 9. The zero-order chi connectivity index (χ0) is 18.4. The highest BCUT2D eigenvalue weighted by Gasteiger charge is 2.22. The maximum atomic E-state index is 11.3. The van der Waals surface area contributed by atoms with E-state index >= 15 is 0 Å². The molecule has 0 fully saturated rings. The summed E-state index contributed by atoms with van der Waals surface area (Å²) in [6, 6.07) is 3.53. The summed E-state index contributed by atoms with van der Waals surface area (Å²) in [5, 5.41) is 17.4. The number of nitrogens with one attached hydrogen (secondary N) is 2. The molecule has 0 bridgehead atoms. The normalized spacial score (nSPS) is 10.7. The molecule has 2 N–H and O–H groups in total. The number of hydrogen-bond acceptors (Lipinski definition) is 8. The van der Waals surface area contributed by atoms with Gasteiger partial charge in [0.25, 0.3) is 0 Å². The molecular weight excluding hydrogens is 338 g/mol. The zero-order valence-corrected chi connectivity index (χ0v) is 14.3. The standard InChI is InChI=1S/C16H19N7O3/c1-12-14(23(24)25)15(19-10-13-4-2-9-26-13)21-16(20-12)18-5-3-7-22-8-6-17-11-22/h2,4,6,8-9,11H,3,5,7,10H2,1H3,(H2,18,19,20,21). The second kappa shape index (κ2) is 8.10. The Morgan fingerprint density at radius 2 is 2.23 bits per heavy atom. The van der Waals surface area contributed by atoms with Gasteiger partial charge in [-0.2, -0.15) is 4.98 Å². The molecule has 0 aliphatic rings. The summed E-state index contributed by atoms with van der Waals surface area (Å²) >= 11 is 0. The Morgan fingerprint density at radius 3 is 2.92 bits per heavy atom. The van der Waals surface area contributed by atoms with Crippen molar-refractivity contribution in [3.8, 4) is 0 Å². The molecule has 136 valence electrons. The minimum absolute atomic E-state index is 0.138. The predicted molar refractivity (Wildman–Crippen MR) is 94.8 cm³/mol. The molecule has 0 atom stereocenters. The number of furan rings is 1. The zero-order valence-electron chi connectivity index (χ0n) is 14.3. The van der Waals surface area contributed by atoms with Gasteiger partial charge in [-0.15, -0.1) is 0 Å². The average Bonchev–Trinajstić information content (AvgIpc) is 3.29. The molecule has 0 aliphatic carbocycles. The van der Waals surface area contributed by atoms with Crippen LogP contribution in [0.15, 0.2) is 41.5 Å². The van der Waals surface area contributed by atoms with Crippen LogP contribution in [-0.2, 0) is 13.1 Å². The second-order valence-electron chi connectivity index (χ2n) is 5.60. The maximum absolute atomic E-state index is 11.3. The average molecular weight is 357 g/mol. The van der Waals surface area contributed by atoms with Crippen LogP contribution in [0.2, 0.25) is 0 Å². The van der Waals surface area contributed by atoms with Crippen molar-refractivity contribution in [1.82, 2.24) is 19.5 Å². The Labute approximate surface area is 149 Å². The van der Waals surface area contributed by atoms with Gasteiger partial charge < -0.3 is 19.6 Å². The molecule has 0 spiro atoms. The fraction of sp³-hybridized carbons (Fsp3) is 0.312. The lowest BCUT2D eigenvalue weighted by atomic mass is 10.3. The van der Waals surface area contributed by atoms with Crippen molar-refractivity contribution in [3.63, 3.8) is 0 Å². The number of hydrogen-bond donors (Lipinski definition) is 2. The molecule has 10 nitrogen and oxygen atoms in total. The summed E-state index contributed by atoms with van der Waals surface area (Å²) in [5.41, 5.74) is 0.157. The number of nitrogens with zero attached hydrogens (tertiary/aromatic N) is 5. The van der Waals surface area contributed by atoms with Gasteiger partial charge in [0.15, 0.2) is 0 Å². The van der Waals surface area contributed by atoms with Crippen LogP contribution < -0.4 is 10.6 Å². The summed E-state index contributed by atoms with van der Waals surface area (Å²) in [4.78, 5) is 23.3. The molecule has 3 aromatic heterocycles. The first-order valence-corrected chi connectivity index (χ1v) is 8.12. The number of anilines is 2. The second-order valence-corrected chi connectivity index (χ2v) is 5.60. The Kier molecular flexibility index (Phi) is 5.42. The van der Waals surface area contributed by atoms with Gasteiger partial charge in [-0.3, -0.25) is 10.1 Å². The van der Waals surface area contributed by atoms with Crippen molar-refractivity contribution < 1.29 is 9.34 Å². The third kappa shape index (κ3) is 4.35. The highest BCUT2D eigenvalue weighted by atomic mass is 16.6. The molecule has 0 unspecified atom stereocenters. The topological polar surface area (TPSA) is 124 Å². The molecule has 3 heterocycles. The molecule has 3 rings (SSSR count). The minimum atomic E-state index is -0.484. The van der Waals surface area contributed by atoms with Crippen molar-refractivity contribution >= 4 is 17.5 Å². The lowest BCUT2D eigenvalue weighted by Crippen LogP contribution is -2.12.